The Hall–Kier alpha value is -2.17. The first-order valence-corrected chi connectivity index (χ1v) is 5.89. The van der Waals surface area contributed by atoms with E-state index in [9.17, 15) is 10.1 Å². The van der Waals surface area contributed by atoms with Gasteiger partial charge in [-0.25, -0.2) is 4.98 Å². The Labute approximate surface area is 104 Å². The average molecular weight is 243 g/mol. The minimum Gasteiger partial charge on any atom is -0.365 e. The summed E-state index contributed by atoms with van der Waals surface area (Å²) in [4.78, 5) is 14.8. The van der Waals surface area contributed by atoms with Crippen molar-refractivity contribution in [1.29, 1.82) is 0 Å². The number of pyridine rings is 1. The van der Waals surface area contributed by atoms with E-state index in [-0.39, 0.29) is 11.2 Å². The standard InChI is InChI=1S/C13H13N3O2/c1-13(6-7-13)15-12-5-2-9-8-10(16(17)18)3-4-11(9)14-12/h2-5,8H,6-7H2,1H3,(H,14,15). The molecular weight excluding hydrogens is 230 g/mol. The van der Waals surface area contributed by atoms with Gasteiger partial charge in [-0.2, -0.15) is 0 Å². The summed E-state index contributed by atoms with van der Waals surface area (Å²) in [6.45, 7) is 2.16. The maximum Gasteiger partial charge on any atom is 0.270 e. The fourth-order valence-corrected chi connectivity index (χ4v) is 1.92. The SMILES string of the molecule is CC1(Nc2ccc3cc([N+](=O)[O-])ccc3n2)CC1. The molecule has 1 aliphatic carbocycles. The summed E-state index contributed by atoms with van der Waals surface area (Å²) in [6, 6.07) is 8.45. The van der Waals surface area contributed by atoms with Crippen LogP contribution in [-0.2, 0) is 0 Å². The smallest absolute Gasteiger partial charge is 0.270 e. The van der Waals surface area contributed by atoms with Crippen LogP contribution in [0.15, 0.2) is 30.3 Å². The molecule has 0 unspecified atom stereocenters. The molecule has 1 aromatic carbocycles. The lowest BCUT2D eigenvalue weighted by Gasteiger charge is -2.12. The Kier molecular flexibility index (Phi) is 2.23. The molecule has 1 fully saturated rings. The van der Waals surface area contributed by atoms with E-state index in [2.05, 4.69) is 17.2 Å². The molecule has 92 valence electrons. The van der Waals surface area contributed by atoms with E-state index in [1.54, 1.807) is 12.1 Å². The normalized spacial score (nSPS) is 16.5. The Morgan fingerprint density at radius 2 is 2.11 bits per heavy atom. The molecule has 1 saturated carbocycles. The number of aromatic nitrogens is 1. The van der Waals surface area contributed by atoms with Gasteiger partial charge in [0, 0.05) is 23.1 Å². The molecule has 2 aromatic rings. The Balaban J connectivity index is 1.97. The maximum atomic E-state index is 10.7. The summed E-state index contributed by atoms with van der Waals surface area (Å²) < 4.78 is 0. The lowest BCUT2D eigenvalue weighted by Crippen LogP contribution is -2.16. The van der Waals surface area contributed by atoms with Gasteiger partial charge < -0.3 is 5.32 Å². The highest BCUT2D eigenvalue weighted by atomic mass is 16.6. The summed E-state index contributed by atoms with van der Waals surface area (Å²) in [7, 11) is 0. The lowest BCUT2D eigenvalue weighted by atomic mass is 10.2. The maximum absolute atomic E-state index is 10.7. The second-order valence-corrected chi connectivity index (χ2v) is 5.02. The molecule has 0 spiro atoms. The third kappa shape index (κ3) is 1.99. The van der Waals surface area contributed by atoms with E-state index in [1.807, 2.05) is 12.1 Å². The van der Waals surface area contributed by atoms with Crippen molar-refractivity contribution in [1.82, 2.24) is 4.98 Å². The molecule has 1 aliphatic rings. The highest BCUT2D eigenvalue weighted by Crippen LogP contribution is 2.37. The third-order valence-electron chi connectivity index (χ3n) is 3.31. The van der Waals surface area contributed by atoms with Gasteiger partial charge in [0.1, 0.15) is 5.82 Å². The van der Waals surface area contributed by atoms with Gasteiger partial charge in [0.25, 0.3) is 5.69 Å². The molecule has 0 atom stereocenters. The monoisotopic (exact) mass is 243 g/mol. The molecule has 1 heterocycles. The van der Waals surface area contributed by atoms with E-state index >= 15 is 0 Å². The first-order chi connectivity index (χ1) is 8.56. The second-order valence-electron chi connectivity index (χ2n) is 5.02. The van der Waals surface area contributed by atoms with Crippen molar-refractivity contribution in [3.63, 3.8) is 0 Å². The van der Waals surface area contributed by atoms with Gasteiger partial charge in [0.05, 0.1) is 10.4 Å². The quantitative estimate of drug-likeness (QED) is 0.664. The number of nitrogens with zero attached hydrogens (tertiary/aromatic N) is 2. The van der Waals surface area contributed by atoms with Gasteiger partial charge in [-0.05, 0) is 38.0 Å². The van der Waals surface area contributed by atoms with Crippen LogP contribution in [0.1, 0.15) is 19.8 Å². The number of anilines is 1. The summed E-state index contributed by atoms with van der Waals surface area (Å²) >= 11 is 0. The summed E-state index contributed by atoms with van der Waals surface area (Å²) in [5.74, 6) is 0.830. The Morgan fingerprint density at radius 1 is 1.33 bits per heavy atom. The fourth-order valence-electron chi connectivity index (χ4n) is 1.92. The first kappa shape index (κ1) is 11.0. The van der Waals surface area contributed by atoms with Crippen molar-refractivity contribution in [2.45, 2.75) is 25.3 Å². The molecule has 0 saturated heterocycles. The molecule has 3 rings (SSSR count). The number of hydrogen-bond donors (Lipinski definition) is 1. The van der Waals surface area contributed by atoms with E-state index in [0.717, 1.165) is 29.6 Å². The van der Waals surface area contributed by atoms with Gasteiger partial charge in [0.2, 0.25) is 0 Å². The van der Waals surface area contributed by atoms with Crippen LogP contribution < -0.4 is 5.32 Å². The topological polar surface area (TPSA) is 68.1 Å². The molecule has 1 aromatic heterocycles. The molecule has 0 bridgehead atoms. The van der Waals surface area contributed by atoms with Crippen LogP contribution >= 0.6 is 0 Å². The number of nitro benzene ring substituents is 1. The molecule has 18 heavy (non-hydrogen) atoms. The lowest BCUT2D eigenvalue weighted by molar-refractivity contribution is -0.384. The largest absolute Gasteiger partial charge is 0.365 e. The molecule has 0 aliphatic heterocycles. The van der Waals surface area contributed by atoms with Gasteiger partial charge in [-0.3, -0.25) is 10.1 Å². The van der Waals surface area contributed by atoms with Crippen molar-refractivity contribution in [3.05, 3.63) is 40.4 Å². The zero-order chi connectivity index (χ0) is 12.8. The molecule has 5 nitrogen and oxygen atoms in total. The summed E-state index contributed by atoms with van der Waals surface area (Å²) in [5, 5.41) is 14.8. The number of fused-ring (bicyclic) bond motifs is 1. The average Bonchev–Trinajstić information content (AvgIpc) is 3.06. The number of nitro groups is 1. The Bertz CT molecular complexity index is 635. The van der Waals surface area contributed by atoms with Crippen LogP contribution in [-0.4, -0.2) is 15.4 Å². The molecule has 0 radical (unpaired) electrons. The van der Waals surface area contributed by atoms with Gasteiger partial charge in [-0.15, -0.1) is 0 Å². The van der Waals surface area contributed by atoms with Crippen LogP contribution in [0, 0.1) is 10.1 Å². The number of nitrogens with one attached hydrogen (secondary N) is 1. The second kappa shape index (κ2) is 3.66. The van der Waals surface area contributed by atoms with Gasteiger partial charge in [0.15, 0.2) is 0 Å². The first-order valence-electron chi connectivity index (χ1n) is 5.89. The minimum atomic E-state index is -0.392. The highest BCUT2D eigenvalue weighted by molar-refractivity contribution is 5.82. The predicted molar refractivity (Wildman–Crippen MR) is 69.7 cm³/mol. The Morgan fingerprint density at radius 3 is 2.78 bits per heavy atom. The number of hydrogen-bond acceptors (Lipinski definition) is 4. The highest BCUT2D eigenvalue weighted by Gasteiger charge is 2.37. The van der Waals surface area contributed by atoms with E-state index in [4.69, 9.17) is 0 Å². The van der Waals surface area contributed by atoms with Crippen molar-refractivity contribution in [2.75, 3.05) is 5.32 Å². The zero-order valence-electron chi connectivity index (χ0n) is 10.0. The van der Waals surface area contributed by atoms with Crippen LogP contribution in [0.5, 0.6) is 0 Å². The van der Waals surface area contributed by atoms with Crippen molar-refractivity contribution in [2.24, 2.45) is 0 Å². The van der Waals surface area contributed by atoms with Crippen molar-refractivity contribution >= 4 is 22.4 Å². The van der Waals surface area contributed by atoms with E-state index in [1.165, 1.54) is 6.07 Å². The number of non-ortho nitro benzene ring substituents is 1. The summed E-state index contributed by atoms with van der Waals surface area (Å²) in [5.41, 5.74) is 1.05. The predicted octanol–water partition coefficient (Wildman–Crippen LogP) is 3.11. The van der Waals surface area contributed by atoms with Crippen LogP contribution in [0.25, 0.3) is 10.9 Å². The zero-order valence-corrected chi connectivity index (χ0v) is 10.0. The summed E-state index contributed by atoms with van der Waals surface area (Å²) in [6.07, 6.45) is 2.32. The number of rotatable bonds is 3. The third-order valence-corrected chi connectivity index (χ3v) is 3.31. The molecule has 0 amide bonds. The fraction of sp³-hybridized carbons (Fsp3) is 0.308. The van der Waals surface area contributed by atoms with Crippen LogP contribution in [0.3, 0.4) is 0 Å². The van der Waals surface area contributed by atoms with E-state index in [0.29, 0.717) is 0 Å². The number of benzene rings is 1. The minimum absolute atomic E-state index is 0.0964. The molecule has 1 N–H and O–H groups in total. The van der Waals surface area contributed by atoms with Gasteiger partial charge >= 0.3 is 0 Å². The molecule has 5 heteroatoms. The molecular formula is C13H13N3O2. The van der Waals surface area contributed by atoms with Crippen molar-refractivity contribution < 1.29 is 4.92 Å². The van der Waals surface area contributed by atoms with Gasteiger partial charge in [-0.1, -0.05) is 0 Å². The van der Waals surface area contributed by atoms with E-state index < -0.39 is 4.92 Å². The van der Waals surface area contributed by atoms with Crippen molar-refractivity contribution in [3.8, 4) is 0 Å². The van der Waals surface area contributed by atoms with Crippen LogP contribution in [0.4, 0.5) is 11.5 Å². The van der Waals surface area contributed by atoms with Crippen LogP contribution in [0.2, 0.25) is 0 Å².